The molecule has 2 heterocycles. The number of halogens is 1. The molecule has 0 aliphatic carbocycles. The first-order valence-corrected chi connectivity index (χ1v) is 7.06. The number of hydrogen-bond donors (Lipinski definition) is 1. The first kappa shape index (κ1) is 14.5. The third kappa shape index (κ3) is 2.98. The number of nitrogens with zero attached hydrogens (tertiary/aromatic N) is 3. The number of nitrogens with one attached hydrogen (secondary N) is 1. The number of thioether (sulfide) groups is 1. The standard InChI is InChI=1S/C13H15FN4OS/c1-4-8(2)15-7-20-13-17-16-12-11(14)5-10(9(3)19)6-18(12)13/h4-6,15H,7H2,1-3H3/b8-4+. The monoisotopic (exact) mass is 294 g/mol. The zero-order valence-corrected chi connectivity index (χ0v) is 12.3. The van der Waals surface area contributed by atoms with Crippen molar-refractivity contribution in [2.24, 2.45) is 0 Å². The first-order chi connectivity index (χ1) is 9.52. The first-order valence-electron chi connectivity index (χ1n) is 6.07. The van der Waals surface area contributed by atoms with Crippen LogP contribution in [0.15, 0.2) is 29.2 Å². The predicted molar refractivity (Wildman–Crippen MR) is 76.2 cm³/mol. The summed E-state index contributed by atoms with van der Waals surface area (Å²) in [4.78, 5) is 11.4. The number of fused-ring (bicyclic) bond motifs is 1. The van der Waals surface area contributed by atoms with Crippen LogP contribution in [0.25, 0.3) is 5.65 Å². The minimum Gasteiger partial charge on any atom is -0.379 e. The molecule has 0 bridgehead atoms. The van der Waals surface area contributed by atoms with Gasteiger partial charge in [-0.15, -0.1) is 10.2 Å². The number of ketones is 1. The molecule has 0 atom stereocenters. The molecule has 5 nitrogen and oxygen atoms in total. The fourth-order valence-electron chi connectivity index (χ4n) is 1.54. The van der Waals surface area contributed by atoms with Gasteiger partial charge in [-0.3, -0.25) is 9.20 Å². The van der Waals surface area contributed by atoms with E-state index in [-0.39, 0.29) is 11.4 Å². The molecule has 0 unspecified atom stereocenters. The molecule has 0 aliphatic heterocycles. The van der Waals surface area contributed by atoms with E-state index in [2.05, 4.69) is 15.5 Å². The van der Waals surface area contributed by atoms with Gasteiger partial charge in [-0.25, -0.2) is 4.39 Å². The predicted octanol–water partition coefficient (Wildman–Crippen LogP) is 2.63. The summed E-state index contributed by atoms with van der Waals surface area (Å²) in [7, 11) is 0. The SMILES string of the molecule is C/C=C(\C)NCSc1nnc2c(F)cc(C(C)=O)cn12. The third-order valence-electron chi connectivity index (χ3n) is 2.82. The van der Waals surface area contributed by atoms with Gasteiger partial charge in [0.05, 0.1) is 5.88 Å². The van der Waals surface area contributed by atoms with Crippen molar-refractivity contribution in [3.63, 3.8) is 0 Å². The summed E-state index contributed by atoms with van der Waals surface area (Å²) in [5, 5.41) is 11.5. The van der Waals surface area contributed by atoms with Crippen molar-refractivity contribution in [2.45, 2.75) is 25.9 Å². The lowest BCUT2D eigenvalue weighted by Crippen LogP contribution is -2.09. The van der Waals surface area contributed by atoms with Crippen molar-refractivity contribution in [1.29, 1.82) is 0 Å². The van der Waals surface area contributed by atoms with Crippen molar-refractivity contribution < 1.29 is 9.18 Å². The summed E-state index contributed by atoms with van der Waals surface area (Å²) < 4.78 is 15.3. The van der Waals surface area contributed by atoms with Crippen LogP contribution in [0.1, 0.15) is 31.1 Å². The summed E-state index contributed by atoms with van der Waals surface area (Å²) >= 11 is 1.39. The van der Waals surface area contributed by atoms with Gasteiger partial charge in [0.1, 0.15) is 0 Å². The summed E-state index contributed by atoms with van der Waals surface area (Å²) in [6.07, 6.45) is 3.52. The molecule has 2 aromatic heterocycles. The molecule has 0 aliphatic rings. The lowest BCUT2D eigenvalue weighted by atomic mass is 10.2. The number of rotatable bonds is 5. The number of carbonyl (C=O) groups is 1. The van der Waals surface area contributed by atoms with Crippen molar-refractivity contribution in [3.05, 3.63) is 35.4 Å². The van der Waals surface area contributed by atoms with Crippen molar-refractivity contribution in [1.82, 2.24) is 19.9 Å². The molecule has 0 amide bonds. The minimum atomic E-state index is -0.547. The Kier molecular flexibility index (Phi) is 4.39. The van der Waals surface area contributed by atoms with Crippen LogP contribution in [0.2, 0.25) is 0 Å². The molecule has 0 spiro atoms. The fraction of sp³-hybridized carbons (Fsp3) is 0.308. The van der Waals surface area contributed by atoms with E-state index in [9.17, 15) is 9.18 Å². The second kappa shape index (κ2) is 6.04. The normalized spacial score (nSPS) is 11.9. The van der Waals surface area contributed by atoms with E-state index >= 15 is 0 Å². The second-order valence-electron chi connectivity index (χ2n) is 4.25. The zero-order chi connectivity index (χ0) is 14.7. The quantitative estimate of drug-likeness (QED) is 0.522. The third-order valence-corrected chi connectivity index (χ3v) is 3.65. The molecule has 2 rings (SSSR count). The molecule has 0 saturated carbocycles. The maximum Gasteiger partial charge on any atom is 0.197 e. The highest BCUT2D eigenvalue weighted by atomic mass is 32.2. The largest absolute Gasteiger partial charge is 0.379 e. The van der Waals surface area contributed by atoms with Crippen LogP contribution in [0.3, 0.4) is 0 Å². The topological polar surface area (TPSA) is 59.3 Å². The van der Waals surface area contributed by atoms with Gasteiger partial charge in [0.2, 0.25) is 0 Å². The van der Waals surface area contributed by atoms with Crippen LogP contribution in [0.5, 0.6) is 0 Å². The average Bonchev–Trinajstić information content (AvgIpc) is 2.82. The van der Waals surface area contributed by atoms with Crippen molar-refractivity contribution >= 4 is 23.2 Å². The molecule has 0 fully saturated rings. The van der Waals surface area contributed by atoms with Gasteiger partial charge >= 0.3 is 0 Å². The van der Waals surface area contributed by atoms with Crippen LogP contribution in [-0.4, -0.2) is 26.3 Å². The minimum absolute atomic E-state index is 0.125. The van der Waals surface area contributed by atoms with E-state index in [0.717, 1.165) is 5.70 Å². The van der Waals surface area contributed by atoms with E-state index in [0.29, 0.717) is 16.6 Å². The van der Waals surface area contributed by atoms with Crippen LogP contribution < -0.4 is 5.32 Å². The van der Waals surface area contributed by atoms with Crippen LogP contribution in [0, 0.1) is 5.82 Å². The van der Waals surface area contributed by atoms with Gasteiger partial charge < -0.3 is 5.32 Å². The average molecular weight is 294 g/mol. The number of allylic oxidation sites excluding steroid dienone is 2. The molecule has 0 radical (unpaired) electrons. The number of carbonyl (C=O) groups excluding carboxylic acids is 1. The Morgan fingerprint density at radius 1 is 1.50 bits per heavy atom. The zero-order valence-electron chi connectivity index (χ0n) is 11.5. The van der Waals surface area contributed by atoms with Crippen molar-refractivity contribution in [2.75, 3.05) is 5.88 Å². The van der Waals surface area contributed by atoms with E-state index in [1.54, 1.807) is 6.20 Å². The number of Topliss-reactive ketones (excluding diaryl/α,β-unsaturated/α-hetero) is 1. The van der Waals surface area contributed by atoms with Gasteiger partial charge in [0.15, 0.2) is 22.4 Å². The second-order valence-corrected chi connectivity index (χ2v) is 5.19. The van der Waals surface area contributed by atoms with Gasteiger partial charge in [-0.05, 0) is 26.8 Å². The molecule has 106 valence electrons. The smallest absolute Gasteiger partial charge is 0.197 e. The Hall–Kier alpha value is -1.89. The van der Waals surface area contributed by atoms with Crippen LogP contribution in [0.4, 0.5) is 4.39 Å². The van der Waals surface area contributed by atoms with Gasteiger partial charge in [-0.2, -0.15) is 0 Å². The highest BCUT2D eigenvalue weighted by Crippen LogP contribution is 2.19. The van der Waals surface area contributed by atoms with E-state index in [1.165, 1.54) is 29.2 Å². The molecular formula is C13H15FN4OS. The maximum absolute atomic E-state index is 13.8. The number of hydrogen-bond acceptors (Lipinski definition) is 5. The van der Waals surface area contributed by atoms with Gasteiger partial charge in [0, 0.05) is 17.5 Å². The van der Waals surface area contributed by atoms with Crippen LogP contribution in [-0.2, 0) is 0 Å². The maximum atomic E-state index is 13.8. The molecule has 0 saturated heterocycles. The summed E-state index contributed by atoms with van der Waals surface area (Å²) in [6, 6.07) is 1.18. The number of aromatic nitrogens is 3. The molecule has 7 heteroatoms. The van der Waals surface area contributed by atoms with Crippen molar-refractivity contribution in [3.8, 4) is 0 Å². The molecular weight excluding hydrogens is 279 g/mol. The highest BCUT2D eigenvalue weighted by Gasteiger charge is 2.13. The molecule has 1 N–H and O–H groups in total. The molecule has 0 aromatic carbocycles. The number of pyridine rings is 1. The van der Waals surface area contributed by atoms with E-state index in [4.69, 9.17) is 0 Å². The Morgan fingerprint density at radius 3 is 2.90 bits per heavy atom. The Bertz CT molecular complexity index is 680. The highest BCUT2D eigenvalue weighted by molar-refractivity contribution is 7.99. The van der Waals surface area contributed by atoms with Gasteiger partial charge in [-0.1, -0.05) is 17.8 Å². The summed E-state index contributed by atoms with van der Waals surface area (Å²) in [5.41, 5.74) is 1.47. The molecule has 2 aromatic rings. The lowest BCUT2D eigenvalue weighted by molar-refractivity contribution is 0.101. The lowest BCUT2D eigenvalue weighted by Gasteiger charge is -2.05. The van der Waals surface area contributed by atoms with E-state index < -0.39 is 5.82 Å². The van der Waals surface area contributed by atoms with E-state index in [1.807, 2.05) is 19.9 Å². The summed E-state index contributed by atoms with van der Waals surface area (Å²) in [6.45, 7) is 5.29. The fourth-order valence-corrected chi connectivity index (χ4v) is 2.35. The van der Waals surface area contributed by atoms with Gasteiger partial charge in [0.25, 0.3) is 0 Å². The Morgan fingerprint density at radius 2 is 2.25 bits per heavy atom. The summed E-state index contributed by atoms with van der Waals surface area (Å²) in [5.74, 6) is -0.156. The molecule has 20 heavy (non-hydrogen) atoms. The van der Waals surface area contributed by atoms with Crippen LogP contribution >= 0.6 is 11.8 Å². The Balaban J connectivity index is 2.28. The Labute approximate surface area is 120 Å².